The van der Waals surface area contributed by atoms with Crippen molar-refractivity contribution in [2.24, 2.45) is 0 Å². The molecule has 232 valence electrons. The fourth-order valence-electron chi connectivity index (χ4n) is 7.25. The lowest BCUT2D eigenvalue weighted by Crippen LogP contribution is -2.18. The normalized spacial score (nSPS) is 12.8. The zero-order chi connectivity index (χ0) is 32.8. The molecule has 0 fully saturated rings. The average Bonchev–Trinajstić information content (AvgIpc) is 3.11. The number of carbonyl (C=O) groups is 2. The summed E-state index contributed by atoms with van der Waals surface area (Å²) < 4.78 is 12.7. The summed E-state index contributed by atoms with van der Waals surface area (Å²) in [7, 11) is 0. The van der Waals surface area contributed by atoms with E-state index < -0.39 is 24.1 Å². The first-order valence-corrected chi connectivity index (χ1v) is 16.1. The standard InChI is InChI=1S/C44H32O4/c1-27(45)47-43(39-25-31-15-5-7-17-33(31)35-19-9-11-21-37(35)39)41-23-29-13-3-4-14-30(29)24-42(41)44(48-28(2)46)40-26-32-16-6-8-18-34(32)36-20-10-12-22-38(36)40/h3-26,43-44H,1-2H3. The summed E-state index contributed by atoms with van der Waals surface area (Å²) >= 11 is 0. The third-order valence-electron chi connectivity index (χ3n) is 9.25. The average molecular weight is 625 g/mol. The molecule has 0 aliphatic heterocycles. The van der Waals surface area contributed by atoms with Gasteiger partial charge in [-0.1, -0.05) is 121 Å². The molecule has 0 bridgehead atoms. The van der Waals surface area contributed by atoms with Crippen LogP contribution in [0.1, 0.15) is 48.3 Å². The third kappa shape index (κ3) is 5.12. The molecule has 0 radical (unpaired) electrons. The van der Waals surface area contributed by atoms with Crippen molar-refractivity contribution in [3.05, 3.63) is 168 Å². The molecule has 8 aromatic carbocycles. The summed E-state index contributed by atoms with van der Waals surface area (Å²) in [5.41, 5.74) is 3.24. The number of rotatable bonds is 6. The molecule has 4 nitrogen and oxygen atoms in total. The largest absolute Gasteiger partial charge is 0.453 e. The monoisotopic (exact) mass is 624 g/mol. The molecule has 8 aromatic rings. The van der Waals surface area contributed by atoms with E-state index in [4.69, 9.17) is 9.47 Å². The third-order valence-corrected chi connectivity index (χ3v) is 9.25. The Morgan fingerprint density at radius 3 is 1.04 bits per heavy atom. The van der Waals surface area contributed by atoms with Gasteiger partial charge in [0.15, 0.2) is 12.2 Å². The van der Waals surface area contributed by atoms with Gasteiger partial charge in [0, 0.05) is 36.1 Å². The van der Waals surface area contributed by atoms with Gasteiger partial charge >= 0.3 is 11.9 Å². The number of fused-ring (bicyclic) bond motifs is 7. The Hall–Kier alpha value is -6.00. The van der Waals surface area contributed by atoms with Gasteiger partial charge in [0.25, 0.3) is 0 Å². The summed E-state index contributed by atoms with van der Waals surface area (Å²) in [5, 5.41) is 10.4. The van der Waals surface area contributed by atoms with Gasteiger partial charge in [-0.2, -0.15) is 0 Å². The molecular formula is C44H32O4. The molecule has 0 heterocycles. The van der Waals surface area contributed by atoms with E-state index in [0.717, 1.165) is 76.1 Å². The molecule has 48 heavy (non-hydrogen) atoms. The van der Waals surface area contributed by atoms with E-state index in [-0.39, 0.29) is 0 Å². The van der Waals surface area contributed by atoms with Crippen molar-refractivity contribution < 1.29 is 19.1 Å². The Labute approximate surface area is 278 Å². The second-order valence-electron chi connectivity index (χ2n) is 12.3. The first-order valence-electron chi connectivity index (χ1n) is 16.1. The molecule has 0 saturated carbocycles. The number of esters is 2. The van der Waals surface area contributed by atoms with Crippen LogP contribution in [-0.4, -0.2) is 11.9 Å². The van der Waals surface area contributed by atoms with Crippen LogP contribution in [0, 0.1) is 0 Å². The van der Waals surface area contributed by atoms with Crippen molar-refractivity contribution in [1.29, 1.82) is 0 Å². The molecule has 2 atom stereocenters. The minimum absolute atomic E-state index is 0.406. The predicted molar refractivity (Wildman–Crippen MR) is 194 cm³/mol. The van der Waals surface area contributed by atoms with Crippen molar-refractivity contribution in [3.63, 3.8) is 0 Å². The Kier molecular flexibility index (Phi) is 7.34. The van der Waals surface area contributed by atoms with Gasteiger partial charge in [-0.15, -0.1) is 0 Å². The molecule has 0 amide bonds. The van der Waals surface area contributed by atoms with E-state index in [2.05, 4.69) is 84.9 Å². The molecular weight excluding hydrogens is 592 g/mol. The highest BCUT2D eigenvalue weighted by atomic mass is 16.5. The maximum absolute atomic E-state index is 13.0. The van der Waals surface area contributed by atoms with Crippen molar-refractivity contribution in [3.8, 4) is 0 Å². The Morgan fingerprint density at radius 1 is 0.375 bits per heavy atom. The second-order valence-corrected chi connectivity index (χ2v) is 12.3. The Balaban J connectivity index is 1.47. The van der Waals surface area contributed by atoms with Crippen LogP contribution in [0.15, 0.2) is 146 Å². The summed E-state index contributed by atoms with van der Waals surface area (Å²) in [4.78, 5) is 26.0. The summed E-state index contributed by atoms with van der Waals surface area (Å²) in [5.74, 6) is -0.812. The first kappa shape index (κ1) is 29.4. The molecule has 0 N–H and O–H groups in total. The fourth-order valence-corrected chi connectivity index (χ4v) is 7.25. The maximum Gasteiger partial charge on any atom is 0.303 e. The van der Waals surface area contributed by atoms with E-state index in [1.54, 1.807) is 0 Å². The van der Waals surface area contributed by atoms with Gasteiger partial charge in [0.1, 0.15) is 0 Å². The molecule has 0 saturated heterocycles. The minimum Gasteiger partial charge on any atom is -0.453 e. The van der Waals surface area contributed by atoms with Gasteiger partial charge < -0.3 is 9.47 Å². The lowest BCUT2D eigenvalue weighted by molar-refractivity contribution is -0.146. The minimum atomic E-state index is -0.790. The van der Waals surface area contributed by atoms with Crippen molar-refractivity contribution in [1.82, 2.24) is 0 Å². The summed E-state index contributed by atoms with van der Waals surface area (Å²) in [6.45, 7) is 2.88. The van der Waals surface area contributed by atoms with Gasteiger partial charge in [-0.05, 0) is 78.1 Å². The number of hydrogen-bond acceptors (Lipinski definition) is 4. The van der Waals surface area contributed by atoms with E-state index >= 15 is 0 Å². The number of hydrogen-bond donors (Lipinski definition) is 0. The zero-order valence-electron chi connectivity index (χ0n) is 26.6. The van der Waals surface area contributed by atoms with Crippen LogP contribution in [0.3, 0.4) is 0 Å². The van der Waals surface area contributed by atoms with Crippen molar-refractivity contribution in [2.75, 3.05) is 0 Å². The van der Waals surface area contributed by atoms with Gasteiger partial charge in [0.2, 0.25) is 0 Å². The van der Waals surface area contributed by atoms with E-state index in [0.29, 0.717) is 0 Å². The van der Waals surface area contributed by atoms with Gasteiger partial charge in [0.05, 0.1) is 0 Å². The van der Waals surface area contributed by atoms with Crippen LogP contribution in [0.25, 0.3) is 53.9 Å². The highest BCUT2D eigenvalue weighted by Crippen LogP contribution is 2.44. The number of ether oxygens (including phenoxy) is 2. The van der Waals surface area contributed by atoms with Crippen molar-refractivity contribution in [2.45, 2.75) is 26.1 Å². The smallest absolute Gasteiger partial charge is 0.303 e. The predicted octanol–water partition coefficient (Wildman–Crippen LogP) is 10.8. The van der Waals surface area contributed by atoms with Crippen LogP contribution in [-0.2, 0) is 19.1 Å². The number of benzene rings is 8. The molecule has 8 rings (SSSR count). The highest BCUT2D eigenvalue weighted by Gasteiger charge is 2.31. The van der Waals surface area contributed by atoms with E-state index in [9.17, 15) is 9.59 Å². The SMILES string of the molecule is CC(=O)OC(c1cc2ccccc2cc1C(OC(C)=O)c1cc2ccccc2c2ccccc12)c1cc2ccccc2c2ccccc12. The molecule has 0 spiro atoms. The molecule has 2 unspecified atom stereocenters. The molecule has 4 heteroatoms. The molecule has 0 aromatic heterocycles. The summed E-state index contributed by atoms with van der Waals surface area (Å²) in [6.07, 6.45) is -1.58. The number of carbonyl (C=O) groups excluding carboxylic acids is 2. The Morgan fingerprint density at radius 2 is 0.667 bits per heavy atom. The lowest BCUT2D eigenvalue weighted by Gasteiger charge is -2.28. The van der Waals surface area contributed by atoms with Crippen LogP contribution < -0.4 is 0 Å². The second kappa shape index (κ2) is 12.0. The van der Waals surface area contributed by atoms with Crippen molar-refractivity contribution >= 4 is 65.8 Å². The quantitative estimate of drug-likeness (QED) is 0.136. The van der Waals surface area contributed by atoms with Crippen LogP contribution >= 0.6 is 0 Å². The zero-order valence-corrected chi connectivity index (χ0v) is 26.6. The molecule has 0 aliphatic rings. The first-order chi connectivity index (χ1) is 23.5. The fraction of sp³-hybridized carbons (Fsp3) is 0.0909. The van der Waals surface area contributed by atoms with E-state index in [1.807, 2.05) is 60.7 Å². The summed E-state index contributed by atoms with van der Waals surface area (Å²) in [6, 6.07) is 49.5. The topological polar surface area (TPSA) is 52.6 Å². The van der Waals surface area contributed by atoms with Crippen LogP contribution in [0.5, 0.6) is 0 Å². The van der Waals surface area contributed by atoms with Crippen LogP contribution in [0.2, 0.25) is 0 Å². The molecule has 0 aliphatic carbocycles. The van der Waals surface area contributed by atoms with Gasteiger partial charge in [-0.3, -0.25) is 9.59 Å². The van der Waals surface area contributed by atoms with E-state index in [1.165, 1.54) is 13.8 Å². The van der Waals surface area contributed by atoms with Gasteiger partial charge in [-0.25, -0.2) is 0 Å². The van der Waals surface area contributed by atoms with Crippen LogP contribution in [0.4, 0.5) is 0 Å². The highest BCUT2D eigenvalue weighted by molar-refractivity contribution is 6.10. The Bertz CT molecular complexity index is 2370. The maximum atomic E-state index is 13.0. The lowest BCUT2D eigenvalue weighted by atomic mass is 9.84.